The van der Waals surface area contributed by atoms with Gasteiger partial charge in [0.25, 0.3) is 0 Å². The van der Waals surface area contributed by atoms with Crippen molar-refractivity contribution >= 4 is 23.3 Å². The summed E-state index contributed by atoms with van der Waals surface area (Å²) in [6.45, 7) is 6.16. The van der Waals surface area contributed by atoms with Crippen molar-refractivity contribution in [3.63, 3.8) is 0 Å². The number of hydrogen-bond donors (Lipinski definition) is 1. The first kappa shape index (κ1) is 23.2. The Kier molecular flexibility index (Phi) is 7.42. The zero-order chi connectivity index (χ0) is 23.3. The third-order valence-electron chi connectivity index (χ3n) is 5.49. The number of carbonyl (C=O) groups excluding carboxylic acids is 3. The molecule has 0 spiro atoms. The number of Topliss-reactive ketones (excluding diaryl/α,β-unsaturated/α-hetero) is 1. The van der Waals surface area contributed by atoms with Crippen LogP contribution in [0.1, 0.15) is 29.9 Å². The quantitative estimate of drug-likeness (QED) is 0.653. The van der Waals surface area contributed by atoms with Gasteiger partial charge in [0.1, 0.15) is 6.54 Å². The maximum absolute atomic E-state index is 12.7. The van der Waals surface area contributed by atoms with Crippen molar-refractivity contribution in [3.05, 3.63) is 58.0 Å². The van der Waals surface area contributed by atoms with E-state index in [1.807, 2.05) is 0 Å². The molecule has 1 saturated heterocycles. The van der Waals surface area contributed by atoms with Gasteiger partial charge in [-0.25, -0.2) is 0 Å². The Morgan fingerprint density at radius 3 is 2.25 bits per heavy atom. The minimum Gasteiger partial charge on any atom is -0.491 e. The highest BCUT2D eigenvalue weighted by Crippen LogP contribution is 2.14. The molecule has 1 aliphatic rings. The lowest BCUT2D eigenvalue weighted by molar-refractivity contribution is -0.130. The molecule has 2 aromatic rings. The lowest BCUT2D eigenvalue weighted by Gasteiger charge is -2.34. The van der Waals surface area contributed by atoms with Gasteiger partial charge >= 0.3 is 0 Å². The molecular formula is C23H28N4O5. The predicted molar refractivity (Wildman–Crippen MR) is 120 cm³/mol. The van der Waals surface area contributed by atoms with Crippen LogP contribution in [0.5, 0.6) is 5.75 Å². The van der Waals surface area contributed by atoms with Crippen molar-refractivity contribution in [2.24, 2.45) is 0 Å². The van der Waals surface area contributed by atoms with E-state index in [-0.39, 0.29) is 35.3 Å². The first-order valence-electron chi connectivity index (χ1n) is 10.4. The number of carbonyl (C=O) groups is 3. The molecule has 1 aromatic carbocycles. The second-order valence-corrected chi connectivity index (χ2v) is 7.79. The number of rotatable bonds is 7. The third kappa shape index (κ3) is 5.82. The number of piperazine rings is 1. The number of ketones is 1. The molecule has 1 aliphatic heterocycles. The lowest BCUT2D eigenvalue weighted by Crippen LogP contribution is -2.47. The van der Waals surface area contributed by atoms with Crippen molar-refractivity contribution in [2.45, 2.75) is 26.9 Å². The summed E-state index contributed by atoms with van der Waals surface area (Å²) in [5.41, 5.74) is 1.59. The molecule has 1 fully saturated rings. The van der Waals surface area contributed by atoms with Gasteiger partial charge in [0, 0.05) is 62.7 Å². The lowest BCUT2D eigenvalue weighted by atomic mass is 10.1. The minimum absolute atomic E-state index is 0.00611. The molecule has 0 radical (unpaired) electrons. The summed E-state index contributed by atoms with van der Waals surface area (Å²) in [5, 5.41) is 2.81. The van der Waals surface area contributed by atoms with Crippen molar-refractivity contribution in [3.8, 4) is 5.75 Å². The highest BCUT2D eigenvalue weighted by molar-refractivity contribution is 5.95. The minimum atomic E-state index is -0.270. The maximum Gasteiger partial charge on any atom is 0.244 e. The zero-order valence-corrected chi connectivity index (χ0v) is 18.6. The summed E-state index contributed by atoms with van der Waals surface area (Å²) in [5.74, 6) is -0.0984. The topological polar surface area (TPSA) is 101 Å². The Morgan fingerprint density at radius 2 is 1.69 bits per heavy atom. The van der Waals surface area contributed by atoms with E-state index in [1.165, 1.54) is 20.1 Å². The molecule has 1 N–H and O–H groups in total. The fourth-order valence-electron chi connectivity index (χ4n) is 3.62. The van der Waals surface area contributed by atoms with Crippen molar-refractivity contribution in [1.82, 2.24) is 14.4 Å². The molecule has 32 heavy (non-hydrogen) atoms. The number of ether oxygens (including phenoxy) is 1. The number of aromatic nitrogens is 1. The summed E-state index contributed by atoms with van der Waals surface area (Å²) in [4.78, 5) is 51.9. The highest BCUT2D eigenvalue weighted by Gasteiger charge is 2.20. The molecule has 9 nitrogen and oxygen atoms in total. The Labute approximate surface area is 186 Å². The van der Waals surface area contributed by atoms with Crippen LogP contribution < -0.4 is 15.5 Å². The summed E-state index contributed by atoms with van der Waals surface area (Å²) in [6, 6.07) is 8.16. The number of nitrogens with zero attached hydrogens (tertiary/aromatic N) is 3. The summed E-state index contributed by atoms with van der Waals surface area (Å²) >= 11 is 0. The van der Waals surface area contributed by atoms with Crippen LogP contribution in [0.15, 0.2) is 41.3 Å². The molecule has 3 rings (SSSR count). The average molecular weight is 441 g/mol. The highest BCUT2D eigenvalue weighted by atomic mass is 16.5. The third-order valence-corrected chi connectivity index (χ3v) is 5.49. The number of hydrogen-bond acceptors (Lipinski definition) is 6. The second-order valence-electron chi connectivity index (χ2n) is 7.79. The zero-order valence-electron chi connectivity index (χ0n) is 18.6. The van der Waals surface area contributed by atoms with Crippen LogP contribution in [0.3, 0.4) is 0 Å². The van der Waals surface area contributed by atoms with Crippen LogP contribution in [0.25, 0.3) is 0 Å². The molecule has 0 unspecified atom stereocenters. The fourth-order valence-corrected chi connectivity index (χ4v) is 3.62. The van der Waals surface area contributed by atoms with Gasteiger partial charge in [0.05, 0.1) is 13.3 Å². The molecule has 0 saturated carbocycles. The first-order chi connectivity index (χ1) is 15.3. The molecule has 0 atom stereocenters. The number of benzene rings is 1. The maximum atomic E-state index is 12.7. The largest absolute Gasteiger partial charge is 0.491 e. The smallest absolute Gasteiger partial charge is 0.244 e. The SMILES string of the molecule is COc1cn(CC(=O)Nc2ccc(C(C)=O)cc2)c(CN2CCN(C(C)=O)CC2)cc1=O. The van der Waals surface area contributed by atoms with E-state index >= 15 is 0 Å². The van der Waals surface area contributed by atoms with Gasteiger partial charge in [-0.3, -0.25) is 24.1 Å². The molecule has 0 bridgehead atoms. The van der Waals surface area contributed by atoms with Gasteiger partial charge in [-0.1, -0.05) is 0 Å². The molecule has 2 heterocycles. The van der Waals surface area contributed by atoms with Crippen LogP contribution in [0, 0.1) is 0 Å². The predicted octanol–water partition coefficient (Wildman–Crippen LogP) is 1.36. The van der Waals surface area contributed by atoms with Crippen LogP contribution in [-0.2, 0) is 22.7 Å². The van der Waals surface area contributed by atoms with Crippen LogP contribution in [0.2, 0.25) is 0 Å². The van der Waals surface area contributed by atoms with Gasteiger partial charge in [0.2, 0.25) is 17.2 Å². The van der Waals surface area contributed by atoms with E-state index in [0.29, 0.717) is 49.7 Å². The van der Waals surface area contributed by atoms with Crippen LogP contribution in [-0.4, -0.2) is 65.3 Å². The summed E-state index contributed by atoms with van der Waals surface area (Å²) in [6.07, 6.45) is 1.54. The standard InChI is InChI=1S/C23H28N4O5/c1-16(28)18-4-6-19(7-5-18)24-23(31)15-27-14-22(32-3)21(30)12-20(27)13-25-8-10-26(11-9-25)17(2)29/h4-7,12,14H,8-11,13,15H2,1-3H3,(H,24,31). The Hall–Kier alpha value is -3.46. The molecule has 170 valence electrons. The van der Waals surface area contributed by atoms with E-state index in [9.17, 15) is 19.2 Å². The van der Waals surface area contributed by atoms with Crippen LogP contribution >= 0.6 is 0 Å². The fraction of sp³-hybridized carbons (Fsp3) is 0.391. The summed E-state index contributed by atoms with van der Waals surface area (Å²) < 4.78 is 6.86. The van der Waals surface area contributed by atoms with Gasteiger partial charge in [-0.15, -0.1) is 0 Å². The van der Waals surface area contributed by atoms with Crippen molar-refractivity contribution in [1.29, 1.82) is 0 Å². The number of amides is 2. The van der Waals surface area contributed by atoms with Gasteiger partial charge in [-0.2, -0.15) is 0 Å². The number of anilines is 1. The number of nitrogens with one attached hydrogen (secondary N) is 1. The van der Waals surface area contributed by atoms with E-state index in [1.54, 1.807) is 46.9 Å². The number of methoxy groups -OCH3 is 1. The van der Waals surface area contributed by atoms with Crippen LogP contribution in [0.4, 0.5) is 5.69 Å². The summed E-state index contributed by atoms with van der Waals surface area (Å²) in [7, 11) is 1.42. The van der Waals surface area contributed by atoms with E-state index in [2.05, 4.69) is 10.2 Å². The first-order valence-corrected chi connectivity index (χ1v) is 10.4. The van der Waals surface area contributed by atoms with Gasteiger partial charge in [-0.05, 0) is 31.2 Å². The number of pyridine rings is 1. The molecule has 2 amide bonds. The van der Waals surface area contributed by atoms with Crippen molar-refractivity contribution in [2.75, 3.05) is 38.6 Å². The molecular weight excluding hydrogens is 412 g/mol. The molecule has 1 aromatic heterocycles. The molecule has 9 heteroatoms. The monoisotopic (exact) mass is 440 g/mol. The van der Waals surface area contributed by atoms with E-state index in [0.717, 1.165) is 0 Å². The Morgan fingerprint density at radius 1 is 1.03 bits per heavy atom. The Balaban J connectivity index is 1.73. The van der Waals surface area contributed by atoms with Gasteiger partial charge in [0.15, 0.2) is 11.5 Å². The average Bonchev–Trinajstić information content (AvgIpc) is 2.76. The molecule has 0 aliphatic carbocycles. The second kappa shape index (κ2) is 10.2. The normalized spacial score (nSPS) is 14.2. The Bertz CT molecular complexity index is 1050. The van der Waals surface area contributed by atoms with E-state index < -0.39 is 0 Å². The van der Waals surface area contributed by atoms with Crippen molar-refractivity contribution < 1.29 is 19.1 Å². The van der Waals surface area contributed by atoms with E-state index in [4.69, 9.17) is 4.74 Å². The van der Waals surface area contributed by atoms with Gasteiger partial charge < -0.3 is 19.5 Å².